The van der Waals surface area contributed by atoms with Crippen LogP contribution in [0.25, 0.3) is 0 Å². The fourth-order valence-electron chi connectivity index (χ4n) is 4.59. The molecule has 3 atom stereocenters. The molecule has 1 saturated heterocycles. The lowest BCUT2D eigenvalue weighted by molar-refractivity contribution is -0.106. The molecule has 0 saturated carbocycles. The van der Waals surface area contributed by atoms with Gasteiger partial charge in [-0.2, -0.15) is 0 Å². The van der Waals surface area contributed by atoms with Crippen LogP contribution < -0.4 is 15.4 Å². The van der Waals surface area contributed by atoms with Crippen molar-refractivity contribution in [2.24, 2.45) is 4.99 Å². The first kappa shape index (κ1) is 25.8. The van der Waals surface area contributed by atoms with Gasteiger partial charge in [-0.25, -0.2) is 19.4 Å². The van der Waals surface area contributed by atoms with Crippen LogP contribution in [0.15, 0.2) is 72.0 Å². The number of carbonyl (C=O) groups is 2. The van der Waals surface area contributed by atoms with Crippen molar-refractivity contribution in [1.82, 2.24) is 15.3 Å². The minimum Gasteiger partial charge on any atom is -0.480 e. The molecule has 11 heteroatoms. The van der Waals surface area contributed by atoms with E-state index in [-0.39, 0.29) is 42.4 Å². The van der Waals surface area contributed by atoms with Crippen LogP contribution in [0.2, 0.25) is 0 Å². The minimum atomic E-state index is -1.74. The number of nitrogens with one attached hydrogen (secondary N) is 2. The molecule has 1 fully saturated rings. The zero-order valence-corrected chi connectivity index (χ0v) is 21.6. The van der Waals surface area contributed by atoms with Crippen molar-refractivity contribution in [2.75, 3.05) is 24.8 Å². The van der Waals surface area contributed by atoms with Crippen molar-refractivity contribution >= 4 is 34.4 Å². The van der Waals surface area contributed by atoms with Crippen LogP contribution >= 0.6 is 11.8 Å². The largest absolute Gasteiger partial charge is 0.480 e. The molecule has 2 N–H and O–H groups in total. The van der Waals surface area contributed by atoms with Crippen LogP contribution in [0.3, 0.4) is 0 Å². The Morgan fingerprint density at radius 2 is 1.89 bits per heavy atom. The highest BCUT2D eigenvalue weighted by Gasteiger charge is 2.59. The third-order valence-electron chi connectivity index (χ3n) is 6.58. The van der Waals surface area contributed by atoms with Crippen molar-refractivity contribution in [3.63, 3.8) is 0 Å². The number of aromatic nitrogens is 2. The molecule has 0 bridgehead atoms. The summed E-state index contributed by atoms with van der Waals surface area (Å²) in [7, 11) is 1.46. The molecular weight excluding hydrogens is 509 g/mol. The summed E-state index contributed by atoms with van der Waals surface area (Å²) < 4.78 is 27.7. The fourth-order valence-corrected chi connectivity index (χ4v) is 5.70. The lowest BCUT2D eigenvalue weighted by Gasteiger charge is -2.50. The predicted octanol–water partition coefficient (Wildman–Crippen LogP) is 3.98. The number of anilines is 1. The van der Waals surface area contributed by atoms with Crippen molar-refractivity contribution in [2.45, 2.75) is 30.7 Å². The van der Waals surface area contributed by atoms with E-state index in [1.54, 1.807) is 48.5 Å². The van der Waals surface area contributed by atoms with Crippen molar-refractivity contribution in [3.05, 3.63) is 83.8 Å². The van der Waals surface area contributed by atoms with Gasteiger partial charge in [0, 0.05) is 23.4 Å². The molecule has 196 valence electrons. The molecule has 3 heterocycles. The summed E-state index contributed by atoms with van der Waals surface area (Å²) >= 11 is 1.17. The van der Waals surface area contributed by atoms with Gasteiger partial charge in [0.15, 0.2) is 10.8 Å². The van der Waals surface area contributed by atoms with Crippen molar-refractivity contribution < 1.29 is 23.5 Å². The second-order valence-corrected chi connectivity index (χ2v) is 10.1. The number of ether oxygens (including phenoxy) is 2. The molecule has 0 aliphatic carbocycles. The van der Waals surface area contributed by atoms with Crippen LogP contribution in [0.5, 0.6) is 5.88 Å². The van der Waals surface area contributed by atoms with Gasteiger partial charge in [-0.3, -0.25) is 9.59 Å². The van der Waals surface area contributed by atoms with E-state index in [9.17, 15) is 9.59 Å². The normalized spacial score (nSPS) is 24.5. The van der Waals surface area contributed by atoms with Crippen LogP contribution in [0.4, 0.5) is 10.1 Å². The second kappa shape index (κ2) is 10.5. The smallest absolute Gasteiger partial charge is 0.275 e. The maximum absolute atomic E-state index is 16.7. The molecule has 0 unspecified atom stereocenters. The lowest BCUT2D eigenvalue weighted by Crippen LogP contribution is -2.60. The number of hydrogen-bond acceptors (Lipinski definition) is 8. The molecule has 3 aromatic rings. The fraction of sp³-hybridized carbons (Fsp3) is 0.296. The predicted molar refractivity (Wildman–Crippen MR) is 142 cm³/mol. The average Bonchev–Trinajstić information content (AvgIpc) is 2.94. The first-order chi connectivity index (χ1) is 18.3. The van der Waals surface area contributed by atoms with Crippen LogP contribution in [-0.4, -0.2) is 58.2 Å². The molecule has 2 amide bonds. The van der Waals surface area contributed by atoms with E-state index in [1.807, 2.05) is 13.0 Å². The molecule has 2 aliphatic rings. The molecule has 0 spiro atoms. The number of halogens is 1. The summed E-state index contributed by atoms with van der Waals surface area (Å²) in [5.41, 5.74) is -1.62. The monoisotopic (exact) mass is 535 g/mol. The lowest BCUT2D eigenvalue weighted by atomic mass is 9.73. The van der Waals surface area contributed by atoms with Gasteiger partial charge in [0.1, 0.15) is 11.2 Å². The number of hydrogen-bond donors (Lipinski definition) is 2. The highest BCUT2D eigenvalue weighted by Crippen LogP contribution is 2.51. The Labute approximate surface area is 223 Å². The topological polar surface area (TPSA) is 115 Å². The van der Waals surface area contributed by atoms with Gasteiger partial charge in [-0.1, -0.05) is 42.1 Å². The number of amides is 2. The molecule has 1 aromatic heterocycles. The third kappa shape index (κ3) is 4.99. The summed E-state index contributed by atoms with van der Waals surface area (Å²) in [4.78, 5) is 38.4. The number of thioether (sulfide) groups is 1. The van der Waals surface area contributed by atoms with E-state index >= 15 is 4.39 Å². The van der Waals surface area contributed by atoms with Crippen molar-refractivity contribution in [3.8, 4) is 5.88 Å². The van der Waals surface area contributed by atoms with Gasteiger partial charge < -0.3 is 20.1 Å². The number of amidine groups is 1. The highest BCUT2D eigenvalue weighted by atomic mass is 32.2. The highest BCUT2D eigenvalue weighted by molar-refractivity contribution is 8.14. The van der Waals surface area contributed by atoms with E-state index in [0.29, 0.717) is 22.0 Å². The molecule has 2 aliphatic heterocycles. The maximum atomic E-state index is 16.7. The number of benzene rings is 2. The first-order valence-corrected chi connectivity index (χ1v) is 13.0. The van der Waals surface area contributed by atoms with E-state index in [2.05, 4.69) is 20.6 Å². The second-order valence-electron chi connectivity index (χ2n) is 9.16. The Morgan fingerprint density at radius 1 is 1.08 bits per heavy atom. The van der Waals surface area contributed by atoms with Crippen LogP contribution in [0.1, 0.15) is 39.8 Å². The van der Waals surface area contributed by atoms with Gasteiger partial charge in [0.05, 0.1) is 32.2 Å². The Hall–Kier alpha value is -3.83. The Balaban J connectivity index is 1.46. The number of fused-ring (bicyclic) bond motifs is 1. The zero-order chi connectivity index (χ0) is 26.8. The Kier molecular flexibility index (Phi) is 7.13. The molecule has 5 rings (SSSR count). The zero-order valence-electron chi connectivity index (χ0n) is 20.8. The van der Waals surface area contributed by atoms with Crippen molar-refractivity contribution in [1.29, 1.82) is 0 Å². The van der Waals surface area contributed by atoms with Gasteiger partial charge in [0.2, 0.25) is 5.88 Å². The average molecular weight is 536 g/mol. The van der Waals surface area contributed by atoms with E-state index in [1.165, 1.54) is 31.3 Å². The Morgan fingerprint density at radius 3 is 2.63 bits per heavy atom. The first-order valence-electron chi connectivity index (χ1n) is 12.0. The van der Waals surface area contributed by atoms with Gasteiger partial charge in [0.25, 0.3) is 11.8 Å². The minimum absolute atomic E-state index is 0.0166. The summed E-state index contributed by atoms with van der Waals surface area (Å²) in [6.07, 6.45) is 2.51. The standard InChI is InChI=1S/C27H26FN5O4S/c1-17-12-26(28)16-38-25(32-23(34)18-7-4-3-5-8-18)33-27(26,15-37-17)19-9-6-10-20(11-19)31-24(35)21-13-30-22(36-2)14-29-21/h3-11,13-14,17H,12,15-16H2,1-2H3,(H,31,35)(H,32,33,34)/t17-,26+,27+/m0/s1. The number of nitrogens with zero attached hydrogens (tertiary/aromatic N) is 3. The summed E-state index contributed by atoms with van der Waals surface area (Å²) in [6, 6.07) is 15.6. The summed E-state index contributed by atoms with van der Waals surface area (Å²) in [5.74, 6) is -0.429. The van der Waals surface area contributed by atoms with Gasteiger partial charge in [-0.15, -0.1) is 0 Å². The van der Waals surface area contributed by atoms with Crippen LogP contribution in [-0.2, 0) is 10.3 Å². The molecule has 9 nitrogen and oxygen atoms in total. The molecule has 38 heavy (non-hydrogen) atoms. The number of methoxy groups -OCH3 is 1. The van der Waals surface area contributed by atoms with Crippen LogP contribution in [0, 0.1) is 0 Å². The van der Waals surface area contributed by atoms with Gasteiger partial charge >= 0.3 is 0 Å². The Bertz CT molecular complexity index is 1370. The maximum Gasteiger partial charge on any atom is 0.275 e. The van der Waals surface area contributed by atoms with E-state index in [4.69, 9.17) is 14.5 Å². The van der Waals surface area contributed by atoms with E-state index < -0.39 is 17.1 Å². The number of aliphatic imine (C=N–C) groups is 1. The molecule has 0 radical (unpaired) electrons. The molecular formula is C27H26FN5O4S. The molecule has 2 aromatic carbocycles. The number of alkyl halides is 1. The van der Waals surface area contributed by atoms with Gasteiger partial charge in [-0.05, 0) is 36.8 Å². The van der Waals surface area contributed by atoms with E-state index in [0.717, 1.165) is 0 Å². The summed E-state index contributed by atoms with van der Waals surface area (Å²) in [6.45, 7) is 1.82. The number of carbonyl (C=O) groups excluding carboxylic acids is 2. The third-order valence-corrected chi connectivity index (χ3v) is 7.65. The summed E-state index contributed by atoms with van der Waals surface area (Å²) in [5, 5.41) is 5.92. The quantitative estimate of drug-likeness (QED) is 0.508. The SMILES string of the molecule is COc1cnc(C(=O)Nc2cccc([C@]34CO[C@@H](C)C[C@@]3(F)CSC(NC(=O)c3ccccc3)=N4)c2)cn1. The number of rotatable bonds is 5.